The molecule has 15 heavy (non-hydrogen) atoms. The molecule has 1 amide bonds. The number of hydrogen-bond donors (Lipinski definition) is 2. The van der Waals surface area contributed by atoms with E-state index in [2.05, 4.69) is 4.98 Å². The van der Waals surface area contributed by atoms with E-state index in [-0.39, 0.29) is 11.4 Å². The Morgan fingerprint density at radius 1 is 1.40 bits per heavy atom. The van der Waals surface area contributed by atoms with Crippen molar-refractivity contribution in [1.29, 1.82) is 0 Å². The summed E-state index contributed by atoms with van der Waals surface area (Å²) in [5, 5.41) is 10.4. The molecule has 4 heteroatoms. The number of amides is 1. The van der Waals surface area contributed by atoms with E-state index < -0.39 is 5.91 Å². The fourth-order valence-corrected chi connectivity index (χ4v) is 1.50. The van der Waals surface area contributed by atoms with Gasteiger partial charge in [0.05, 0.1) is 0 Å². The zero-order chi connectivity index (χ0) is 11.0. The van der Waals surface area contributed by atoms with Gasteiger partial charge in [0.25, 0.3) is 5.91 Å². The van der Waals surface area contributed by atoms with Crippen LogP contribution in [0.4, 0.5) is 0 Å². The van der Waals surface area contributed by atoms with Crippen molar-refractivity contribution in [3.63, 3.8) is 0 Å². The third-order valence-corrected chi connectivity index (χ3v) is 2.17. The Bertz CT molecular complexity index is 550. The molecule has 2 aromatic rings. The summed E-state index contributed by atoms with van der Waals surface area (Å²) in [6.45, 7) is 1.88. The molecule has 4 nitrogen and oxygen atoms in total. The van der Waals surface area contributed by atoms with Gasteiger partial charge in [-0.1, -0.05) is 6.07 Å². The van der Waals surface area contributed by atoms with Gasteiger partial charge in [-0.3, -0.25) is 4.79 Å². The number of nitrogens with zero attached hydrogens (tertiary/aromatic N) is 1. The topological polar surface area (TPSA) is 76.2 Å². The highest BCUT2D eigenvalue weighted by atomic mass is 16.3. The standard InChI is InChI=1S/C11H10N2O2/c1-6-4-7-2-3-8(11(12)15)13-10(7)9(14)5-6/h2-5,14H,1H3,(H2,12,15). The zero-order valence-corrected chi connectivity index (χ0v) is 8.19. The summed E-state index contributed by atoms with van der Waals surface area (Å²) < 4.78 is 0. The number of rotatable bonds is 1. The number of nitrogens with two attached hydrogens (primary N) is 1. The van der Waals surface area contributed by atoms with E-state index >= 15 is 0 Å². The molecule has 0 radical (unpaired) electrons. The summed E-state index contributed by atoms with van der Waals surface area (Å²) in [6.07, 6.45) is 0. The molecule has 0 atom stereocenters. The maximum absolute atomic E-state index is 10.9. The molecule has 0 aliphatic rings. The number of fused-ring (bicyclic) bond motifs is 1. The van der Waals surface area contributed by atoms with E-state index in [9.17, 15) is 9.90 Å². The van der Waals surface area contributed by atoms with Crippen LogP contribution in [0.2, 0.25) is 0 Å². The molecule has 3 N–H and O–H groups in total. The Balaban J connectivity index is 2.76. The molecule has 0 fully saturated rings. The smallest absolute Gasteiger partial charge is 0.267 e. The lowest BCUT2D eigenvalue weighted by Crippen LogP contribution is -2.12. The second kappa shape index (κ2) is 3.24. The minimum atomic E-state index is -0.600. The fourth-order valence-electron chi connectivity index (χ4n) is 1.50. The average Bonchev–Trinajstić information content (AvgIpc) is 2.16. The van der Waals surface area contributed by atoms with Crippen LogP contribution in [0.1, 0.15) is 16.1 Å². The monoisotopic (exact) mass is 202 g/mol. The van der Waals surface area contributed by atoms with E-state index in [1.54, 1.807) is 18.2 Å². The first-order valence-electron chi connectivity index (χ1n) is 4.48. The van der Waals surface area contributed by atoms with E-state index in [1.807, 2.05) is 13.0 Å². The maximum Gasteiger partial charge on any atom is 0.267 e. The van der Waals surface area contributed by atoms with Crippen LogP contribution in [-0.2, 0) is 0 Å². The number of phenols is 1. The van der Waals surface area contributed by atoms with Crippen molar-refractivity contribution in [2.45, 2.75) is 6.92 Å². The van der Waals surface area contributed by atoms with Crippen LogP contribution < -0.4 is 5.73 Å². The minimum Gasteiger partial charge on any atom is -0.506 e. The Kier molecular flexibility index (Phi) is 2.04. The fraction of sp³-hybridized carbons (Fsp3) is 0.0909. The summed E-state index contributed by atoms with van der Waals surface area (Å²) in [7, 11) is 0. The Labute approximate surface area is 86.4 Å². The number of benzene rings is 1. The lowest BCUT2D eigenvalue weighted by molar-refractivity contribution is 0.0996. The highest BCUT2D eigenvalue weighted by molar-refractivity contribution is 5.95. The first-order chi connectivity index (χ1) is 7.08. The van der Waals surface area contributed by atoms with Gasteiger partial charge >= 0.3 is 0 Å². The number of carbonyl (C=O) groups excluding carboxylic acids is 1. The van der Waals surface area contributed by atoms with Crippen molar-refractivity contribution >= 4 is 16.8 Å². The molecule has 0 saturated heterocycles. The van der Waals surface area contributed by atoms with E-state index in [0.29, 0.717) is 5.52 Å². The van der Waals surface area contributed by atoms with Crippen LogP contribution >= 0.6 is 0 Å². The van der Waals surface area contributed by atoms with Crippen molar-refractivity contribution in [1.82, 2.24) is 4.98 Å². The van der Waals surface area contributed by atoms with Crippen molar-refractivity contribution < 1.29 is 9.90 Å². The molecule has 0 spiro atoms. The van der Waals surface area contributed by atoms with Gasteiger partial charge < -0.3 is 10.8 Å². The van der Waals surface area contributed by atoms with Crippen LogP contribution in [0.25, 0.3) is 10.9 Å². The SMILES string of the molecule is Cc1cc(O)c2nc(C(N)=O)ccc2c1. The van der Waals surface area contributed by atoms with Gasteiger partial charge in [-0.05, 0) is 30.7 Å². The third kappa shape index (κ3) is 1.61. The summed E-state index contributed by atoms with van der Waals surface area (Å²) in [5.41, 5.74) is 6.59. The van der Waals surface area contributed by atoms with Crippen molar-refractivity contribution in [2.24, 2.45) is 5.73 Å². The van der Waals surface area contributed by atoms with Gasteiger partial charge in [0, 0.05) is 5.39 Å². The molecule has 1 aromatic heterocycles. The number of carbonyl (C=O) groups is 1. The summed E-state index contributed by atoms with van der Waals surface area (Å²) >= 11 is 0. The molecule has 76 valence electrons. The highest BCUT2D eigenvalue weighted by Gasteiger charge is 2.07. The quantitative estimate of drug-likeness (QED) is 0.732. The Morgan fingerprint density at radius 3 is 2.80 bits per heavy atom. The number of aromatic hydroxyl groups is 1. The summed E-state index contributed by atoms with van der Waals surface area (Å²) in [4.78, 5) is 14.9. The zero-order valence-electron chi connectivity index (χ0n) is 8.19. The lowest BCUT2D eigenvalue weighted by atomic mass is 10.1. The molecule has 0 aliphatic heterocycles. The molecule has 0 aliphatic carbocycles. The van der Waals surface area contributed by atoms with Gasteiger partial charge in [-0.15, -0.1) is 0 Å². The first kappa shape index (κ1) is 9.45. The van der Waals surface area contributed by atoms with Crippen molar-refractivity contribution in [2.75, 3.05) is 0 Å². The Hall–Kier alpha value is -2.10. The van der Waals surface area contributed by atoms with Gasteiger partial charge in [0.15, 0.2) is 0 Å². The Morgan fingerprint density at radius 2 is 2.13 bits per heavy atom. The molecule has 2 rings (SSSR count). The van der Waals surface area contributed by atoms with Gasteiger partial charge in [0.1, 0.15) is 17.0 Å². The van der Waals surface area contributed by atoms with Crippen LogP contribution in [0.15, 0.2) is 24.3 Å². The largest absolute Gasteiger partial charge is 0.506 e. The molecular formula is C11H10N2O2. The molecule has 1 heterocycles. The van der Waals surface area contributed by atoms with Crippen molar-refractivity contribution in [3.05, 3.63) is 35.5 Å². The highest BCUT2D eigenvalue weighted by Crippen LogP contribution is 2.24. The van der Waals surface area contributed by atoms with Crippen molar-refractivity contribution in [3.8, 4) is 5.75 Å². The van der Waals surface area contributed by atoms with E-state index in [0.717, 1.165) is 10.9 Å². The summed E-state index contributed by atoms with van der Waals surface area (Å²) in [6, 6.07) is 6.74. The van der Waals surface area contributed by atoms with Crippen LogP contribution in [-0.4, -0.2) is 16.0 Å². The van der Waals surface area contributed by atoms with Gasteiger partial charge in [0.2, 0.25) is 0 Å². The molecule has 1 aromatic carbocycles. The number of primary amides is 1. The van der Waals surface area contributed by atoms with Gasteiger partial charge in [-0.2, -0.15) is 0 Å². The second-order valence-corrected chi connectivity index (χ2v) is 3.42. The molecule has 0 saturated carbocycles. The number of phenolic OH excluding ortho intramolecular Hbond substituents is 1. The van der Waals surface area contributed by atoms with E-state index in [1.165, 1.54) is 0 Å². The van der Waals surface area contributed by atoms with Crippen LogP contribution in [0.5, 0.6) is 5.75 Å². The third-order valence-electron chi connectivity index (χ3n) is 2.17. The number of aryl methyl sites for hydroxylation is 1. The molecular weight excluding hydrogens is 192 g/mol. The minimum absolute atomic E-state index is 0.0631. The predicted octanol–water partition coefficient (Wildman–Crippen LogP) is 1.35. The maximum atomic E-state index is 10.9. The number of pyridine rings is 1. The van der Waals surface area contributed by atoms with Gasteiger partial charge in [-0.25, -0.2) is 4.98 Å². The second-order valence-electron chi connectivity index (χ2n) is 3.42. The van der Waals surface area contributed by atoms with Crippen LogP contribution in [0.3, 0.4) is 0 Å². The molecule has 0 bridgehead atoms. The predicted molar refractivity (Wildman–Crippen MR) is 56.7 cm³/mol. The normalized spacial score (nSPS) is 10.5. The molecule has 0 unspecified atom stereocenters. The number of hydrogen-bond acceptors (Lipinski definition) is 3. The van der Waals surface area contributed by atoms with E-state index in [4.69, 9.17) is 5.73 Å². The number of aromatic nitrogens is 1. The van der Waals surface area contributed by atoms with Crippen LogP contribution in [0, 0.1) is 6.92 Å². The first-order valence-corrected chi connectivity index (χ1v) is 4.48. The lowest BCUT2D eigenvalue weighted by Gasteiger charge is -2.03. The summed E-state index contributed by atoms with van der Waals surface area (Å²) in [5.74, 6) is -0.537. The average molecular weight is 202 g/mol.